The number of nitrogens with one attached hydrogen (secondary N) is 4. The van der Waals surface area contributed by atoms with E-state index in [9.17, 15) is 14.9 Å². The van der Waals surface area contributed by atoms with Crippen molar-refractivity contribution in [1.82, 2.24) is 41.5 Å². The smallest absolute Gasteiger partial charge is 0.251 e. The van der Waals surface area contributed by atoms with Crippen LogP contribution in [-0.4, -0.2) is 75.1 Å². The van der Waals surface area contributed by atoms with Gasteiger partial charge in [-0.05, 0) is 116 Å². The molecule has 3 aromatic rings. The largest absolute Gasteiger partial charge is 0.385 e. The number of likely N-dealkylation sites (tertiary alicyclic amines) is 1. The Hall–Kier alpha value is -4.56. The summed E-state index contributed by atoms with van der Waals surface area (Å²) in [5.74, 6) is 1.71. The molecule has 1 aliphatic heterocycles. The highest BCUT2D eigenvalue weighted by atomic mass is 16.2. The first-order chi connectivity index (χ1) is 24.8. The number of aromatic amines is 1. The van der Waals surface area contributed by atoms with Crippen LogP contribution in [0, 0.1) is 29.1 Å². The number of nitriles is 1. The van der Waals surface area contributed by atoms with Crippen molar-refractivity contribution in [2.75, 3.05) is 19.6 Å². The Morgan fingerprint density at radius 2 is 1.73 bits per heavy atom. The second-order valence-electron chi connectivity index (χ2n) is 15.0. The van der Waals surface area contributed by atoms with Crippen molar-refractivity contribution in [2.24, 2.45) is 17.8 Å². The number of amides is 2. The van der Waals surface area contributed by atoms with Gasteiger partial charge in [0, 0.05) is 36.4 Å². The van der Waals surface area contributed by atoms with Crippen molar-refractivity contribution in [2.45, 2.75) is 102 Å². The third-order valence-corrected chi connectivity index (χ3v) is 12.2. The molecule has 1 aromatic heterocycles. The molecule has 2 saturated carbocycles. The summed E-state index contributed by atoms with van der Waals surface area (Å²) in [5.41, 5.74) is 6.11. The van der Waals surface area contributed by atoms with Gasteiger partial charge in [0.1, 0.15) is 6.04 Å². The van der Waals surface area contributed by atoms with E-state index >= 15 is 0 Å². The Bertz CT molecular complexity index is 1740. The number of H-pyrrole nitrogens is 1. The van der Waals surface area contributed by atoms with Gasteiger partial charge in [-0.1, -0.05) is 56.2 Å². The van der Waals surface area contributed by atoms with Crippen LogP contribution in [-0.2, 0) is 23.1 Å². The summed E-state index contributed by atoms with van der Waals surface area (Å²) in [6.07, 6.45) is 8.51. The fourth-order valence-electron chi connectivity index (χ4n) is 9.60. The summed E-state index contributed by atoms with van der Waals surface area (Å²) < 4.78 is 0. The number of aromatic nitrogens is 4. The molecule has 1 saturated heterocycles. The molecule has 2 aromatic carbocycles. The summed E-state index contributed by atoms with van der Waals surface area (Å²) in [6.45, 7) is 12.0. The maximum absolute atomic E-state index is 14.0. The third kappa shape index (κ3) is 6.43. The first kappa shape index (κ1) is 34.9. The summed E-state index contributed by atoms with van der Waals surface area (Å²) in [4.78, 5) is 28.9. The number of aryl methyl sites for hydroxylation is 2. The minimum absolute atomic E-state index is 0.00708. The van der Waals surface area contributed by atoms with Gasteiger partial charge >= 0.3 is 0 Å². The zero-order valence-electron chi connectivity index (χ0n) is 30.2. The van der Waals surface area contributed by atoms with Crippen LogP contribution in [0.2, 0.25) is 0 Å². The van der Waals surface area contributed by atoms with Crippen molar-refractivity contribution >= 4 is 17.5 Å². The van der Waals surface area contributed by atoms with Crippen molar-refractivity contribution in [3.63, 3.8) is 0 Å². The van der Waals surface area contributed by atoms with Gasteiger partial charge in [-0.25, -0.2) is 0 Å². The van der Waals surface area contributed by atoms with Crippen LogP contribution >= 0.6 is 0 Å². The lowest BCUT2D eigenvalue weighted by atomic mass is 9.65. The van der Waals surface area contributed by atoms with Crippen molar-refractivity contribution in [3.05, 3.63) is 82.2 Å². The standard InChI is InChI=1S/C40H51N9O2/c1-5-42-25(4)27-14-16-33-28(18-27)12-13-29-19-30(38(51)43-6-2)15-17-34(29)40(33,39-45-47-48-46-39)21-35(26-10-8-7-9-11-26)44-23-36(50)49-31(22-41)20-32-24(3)37(32)49/h14-19,24,26,31-32,35,37,42,44H,4-13,20-21,23H2,1-3H3,(H,43,51)(H,45,46,47,48)/t24-,31?,32+,35-,37-,40?/m0/s1. The Morgan fingerprint density at radius 3 is 2.37 bits per heavy atom. The quantitative estimate of drug-likeness (QED) is 0.215. The van der Waals surface area contributed by atoms with Crippen LogP contribution in [0.15, 0.2) is 43.0 Å². The molecule has 11 nitrogen and oxygen atoms in total. The average Bonchev–Trinajstić information content (AvgIpc) is 3.49. The molecule has 7 rings (SSSR count). The molecular weight excluding hydrogens is 639 g/mol. The van der Waals surface area contributed by atoms with Gasteiger partial charge in [-0.2, -0.15) is 10.5 Å². The molecule has 2 unspecified atom stereocenters. The summed E-state index contributed by atoms with van der Waals surface area (Å²) in [6, 6.07) is 14.8. The molecule has 2 amide bonds. The number of rotatable bonds is 12. The van der Waals surface area contributed by atoms with Crippen molar-refractivity contribution in [3.8, 4) is 6.07 Å². The van der Waals surface area contributed by atoms with E-state index in [-0.39, 0.29) is 36.5 Å². The number of hydrogen-bond donors (Lipinski definition) is 4. The molecule has 4 aliphatic rings. The van der Waals surface area contributed by atoms with Crippen LogP contribution in [0.4, 0.5) is 0 Å². The minimum Gasteiger partial charge on any atom is -0.385 e. The van der Waals surface area contributed by atoms with Crippen LogP contribution in [0.3, 0.4) is 0 Å². The Balaban J connectivity index is 1.34. The fourth-order valence-corrected chi connectivity index (χ4v) is 9.60. The predicted molar refractivity (Wildman–Crippen MR) is 195 cm³/mol. The molecule has 3 aliphatic carbocycles. The third-order valence-electron chi connectivity index (χ3n) is 12.2. The van der Waals surface area contributed by atoms with Crippen molar-refractivity contribution < 1.29 is 9.59 Å². The lowest BCUT2D eigenvalue weighted by Gasteiger charge is -2.41. The molecule has 11 heteroatoms. The van der Waals surface area contributed by atoms with Gasteiger partial charge in [0.2, 0.25) is 5.91 Å². The van der Waals surface area contributed by atoms with E-state index < -0.39 is 5.41 Å². The molecule has 3 fully saturated rings. The molecule has 6 atom stereocenters. The average molecular weight is 690 g/mol. The van der Waals surface area contributed by atoms with Gasteiger partial charge in [-0.3, -0.25) is 9.59 Å². The Kier molecular flexibility index (Phi) is 9.97. The van der Waals surface area contributed by atoms with E-state index in [0.717, 1.165) is 79.4 Å². The minimum atomic E-state index is -0.830. The van der Waals surface area contributed by atoms with E-state index in [4.69, 9.17) is 5.10 Å². The SMILES string of the molecule is C=C(NCC)c1ccc2c(c1)CCc1cc(C(=O)NCC)ccc1C2(C[C@H](NCC(=O)N1C(C#N)C[C@@H]2[C@H](C)[C@@H]21)C1CCCCC1)c1nn[nH]n1. The molecule has 268 valence electrons. The zero-order valence-corrected chi connectivity index (χ0v) is 30.2. The maximum atomic E-state index is 14.0. The number of tetrazole rings is 1. The van der Waals surface area contributed by atoms with Crippen LogP contribution in [0.1, 0.15) is 110 Å². The first-order valence-electron chi connectivity index (χ1n) is 19.0. The number of benzene rings is 2. The Labute approximate surface area is 301 Å². The molecule has 51 heavy (non-hydrogen) atoms. The second kappa shape index (κ2) is 14.6. The monoisotopic (exact) mass is 689 g/mol. The van der Waals surface area contributed by atoms with Gasteiger partial charge in [0.05, 0.1) is 18.0 Å². The zero-order chi connectivity index (χ0) is 35.7. The van der Waals surface area contributed by atoms with Crippen LogP contribution in [0.25, 0.3) is 5.70 Å². The van der Waals surface area contributed by atoms with E-state index in [1.54, 1.807) is 0 Å². The number of carbonyl (C=O) groups is 2. The lowest BCUT2D eigenvalue weighted by Crippen LogP contribution is -2.50. The normalized spacial score (nSPS) is 25.8. The molecule has 4 N–H and O–H groups in total. The van der Waals surface area contributed by atoms with E-state index in [1.807, 2.05) is 24.0 Å². The highest BCUT2D eigenvalue weighted by molar-refractivity contribution is 5.94. The van der Waals surface area contributed by atoms with Gasteiger partial charge in [0.25, 0.3) is 5.91 Å². The van der Waals surface area contributed by atoms with E-state index in [1.165, 1.54) is 12.0 Å². The predicted octanol–water partition coefficient (Wildman–Crippen LogP) is 4.65. The molecule has 2 heterocycles. The maximum Gasteiger partial charge on any atom is 0.251 e. The van der Waals surface area contributed by atoms with E-state index in [0.29, 0.717) is 42.1 Å². The van der Waals surface area contributed by atoms with E-state index in [2.05, 4.69) is 82.2 Å². The second-order valence-corrected chi connectivity index (χ2v) is 15.0. The Morgan fingerprint density at radius 1 is 1.04 bits per heavy atom. The fraction of sp³-hybridized carbons (Fsp3) is 0.550. The number of piperidine rings is 1. The number of nitrogens with zero attached hydrogens (tertiary/aromatic N) is 5. The highest BCUT2D eigenvalue weighted by Crippen LogP contribution is 2.53. The molecule has 0 radical (unpaired) electrons. The van der Waals surface area contributed by atoms with Crippen LogP contribution < -0.4 is 16.0 Å². The molecule has 0 spiro atoms. The lowest BCUT2D eigenvalue weighted by molar-refractivity contribution is -0.131. The van der Waals surface area contributed by atoms with Gasteiger partial charge < -0.3 is 20.9 Å². The number of carbonyl (C=O) groups excluding carboxylic acids is 2. The first-order valence-corrected chi connectivity index (χ1v) is 19.0. The topological polar surface area (TPSA) is 152 Å². The van der Waals surface area contributed by atoms with Crippen molar-refractivity contribution in [1.29, 1.82) is 5.26 Å². The summed E-state index contributed by atoms with van der Waals surface area (Å²) in [7, 11) is 0. The summed E-state index contributed by atoms with van der Waals surface area (Å²) in [5, 5.41) is 36.4. The molecule has 0 bridgehead atoms. The summed E-state index contributed by atoms with van der Waals surface area (Å²) >= 11 is 0. The van der Waals surface area contributed by atoms with Crippen LogP contribution in [0.5, 0.6) is 0 Å². The number of fused-ring (bicyclic) bond motifs is 3. The number of hydrogen-bond acceptors (Lipinski definition) is 8. The highest BCUT2D eigenvalue weighted by Gasteiger charge is 2.60. The molecular formula is C40H51N9O2. The van der Waals surface area contributed by atoms with Gasteiger partial charge in [0.15, 0.2) is 5.82 Å². The van der Waals surface area contributed by atoms with Gasteiger partial charge in [-0.15, -0.1) is 10.2 Å².